The Morgan fingerprint density at radius 3 is 2.68 bits per heavy atom. The van der Waals surface area contributed by atoms with E-state index < -0.39 is 17.8 Å². The molecule has 1 atom stereocenters. The number of likely N-dealkylation sites (N-methyl/N-ethyl adjacent to an activating group) is 2. The molecule has 3 aromatic rings. The standard InChI is InChI=1S/C28H32ClFN8O3/c1-5-38-22-13-17(11-9-16(22)10-12-21(27(38)41)34-23(39)15-37(3)4)33-28-32-14-19(29)25(36-28)35-24-18(26(40)31-2)7-6-8-20(24)30/h6-9,11,13-14,21H,5,10,12,15H2,1-4H3,(H,31,40)(H,34,39)(H2,32,33,35,36). The zero-order valence-corrected chi connectivity index (χ0v) is 24.0. The number of hydrogen-bond donors (Lipinski definition) is 4. The van der Waals surface area contributed by atoms with Crippen LogP contribution in [-0.2, 0) is 16.0 Å². The molecule has 1 unspecified atom stereocenters. The van der Waals surface area contributed by atoms with Gasteiger partial charge in [0, 0.05) is 25.0 Å². The minimum Gasteiger partial charge on any atom is -0.355 e. The highest BCUT2D eigenvalue weighted by molar-refractivity contribution is 6.33. The predicted molar refractivity (Wildman–Crippen MR) is 157 cm³/mol. The molecule has 1 aliphatic heterocycles. The molecule has 0 fully saturated rings. The summed E-state index contributed by atoms with van der Waals surface area (Å²) in [5.74, 6) is -1.26. The Bertz CT molecular complexity index is 1470. The fourth-order valence-corrected chi connectivity index (χ4v) is 4.70. The summed E-state index contributed by atoms with van der Waals surface area (Å²) >= 11 is 6.30. The summed E-state index contributed by atoms with van der Waals surface area (Å²) in [5.41, 5.74) is 2.31. The second-order valence-corrected chi connectivity index (χ2v) is 10.1. The maximum Gasteiger partial charge on any atom is 0.253 e. The SMILES string of the molecule is CCN1C(=O)C(NC(=O)CN(C)C)CCc2ccc(Nc3ncc(Cl)c(Nc4c(F)cccc4C(=O)NC)n3)cc21. The topological polar surface area (TPSA) is 132 Å². The van der Waals surface area contributed by atoms with Crippen molar-refractivity contribution in [2.24, 2.45) is 0 Å². The first-order valence-electron chi connectivity index (χ1n) is 13.1. The Morgan fingerprint density at radius 1 is 1.20 bits per heavy atom. The molecule has 4 rings (SSSR count). The van der Waals surface area contributed by atoms with Gasteiger partial charge >= 0.3 is 0 Å². The number of fused-ring (bicyclic) bond motifs is 1. The van der Waals surface area contributed by atoms with E-state index in [2.05, 4.69) is 31.2 Å². The van der Waals surface area contributed by atoms with E-state index in [0.717, 1.165) is 11.3 Å². The molecule has 0 radical (unpaired) electrons. The Labute approximate surface area is 242 Å². The first kappa shape index (κ1) is 29.7. The molecule has 216 valence electrons. The average Bonchev–Trinajstić information content (AvgIpc) is 3.06. The van der Waals surface area contributed by atoms with Crippen molar-refractivity contribution in [1.29, 1.82) is 0 Å². The van der Waals surface area contributed by atoms with Gasteiger partial charge in [0.05, 0.1) is 24.0 Å². The summed E-state index contributed by atoms with van der Waals surface area (Å²) in [6.07, 6.45) is 2.44. The van der Waals surface area contributed by atoms with Crippen LogP contribution in [0.4, 0.5) is 33.2 Å². The molecule has 1 aliphatic rings. The Kier molecular flexibility index (Phi) is 9.35. The Morgan fingerprint density at radius 2 is 1.98 bits per heavy atom. The van der Waals surface area contributed by atoms with Gasteiger partial charge in [-0.1, -0.05) is 23.7 Å². The average molecular weight is 583 g/mol. The van der Waals surface area contributed by atoms with E-state index in [-0.39, 0.29) is 46.4 Å². The summed E-state index contributed by atoms with van der Waals surface area (Å²) in [7, 11) is 5.04. The van der Waals surface area contributed by atoms with Crippen molar-refractivity contribution >= 4 is 58.2 Å². The number of para-hydroxylation sites is 1. The van der Waals surface area contributed by atoms with Crippen LogP contribution in [0.1, 0.15) is 29.3 Å². The third kappa shape index (κ3) is 6.90. The number of aromatic nitrogens is 2. The highest BCUT2D eigenvalue weighted by Crippen LogP contribution is 2.32. The smallest absolute Gasteiger partial charge is 0.253 e. The molecule has 41 heavy (non-hydrogen) atoms. The second kappa shape index (κ2) is 12.9. The van der Waals surface area contributed by atoms with E-state index in [1.165, 1.54) is 31.4 Å². The summed E-state index contributed by atoms with van der Waals surface area (Å²) in [6, 6.07) is 9.09. The zero-order chi connectivity index (χ0) is 29.7. The largest absolute Gasteiger partial charge is 0.355 e. The van der Waals surface area contributed by atoms with Gasteiger partial charge in [0.25, 0.3) is 5.91 Å². The van der Waals surface area contributed by atoms with Gasteiger partial charge in [0.1, 0.15) is 16.9 Å². The lowest BCUT2D eigenvalue weighted by Gasteiger charge is -2.25. The van der Waals surface area contributed by atoms with Crippen molar-refractivity contribution in [2.45, 2.75) is 25.8 Å². The summed E-state index contributed by atoms with van der Waals surface area (Å²) in [4.78, 5) is 50.0. The van der Waals surface area contributed by atoms with Gasteiger partial charge in [-0.25, -0.2) is 9.37 Å². The van der Waals surface area contributed by atoms with Crippen LogP contribution >= 0.6 is 11.6 Å². The van der Waals surface area contributed by atoms with E-state index in [0.29, 0.717) is 25.1 Å². The second-order valence-electron chi connectivity index (χ2n) is 9.70. The maximum absolute atomic E-state index is 14.7. The van der Waals surface area contributed by atoms with Crippen molar-refractivity contribution in [3.63, 3.8) is 0 Å². The van der Waals surface area contributed by atoms with Gasteiger partial charge in [0.15, 0.2) is 5.82 Å². The molecule has 2 heterocycles. The molecule has 0 bridgehead atoms. The quantitative estimate of drug-likeness (QED) is 0.302. The minimum absolute atomic E-state index is 0.0762. The molecule has 2 aromatic carbocycles. The molecule has 1 aromatic heterocycles. The minimum atomic E-state index is -0.651. The van der Waals surface area contributed by atoms with E-state index in [1.807, 2.05) is 25.1 Å². The van der Waals surface area contributed by atoms with E-state index >= 15 is 0 Å². The molecule has 3 amide bonds. The lowest BCUT2D eigenvalue weighted by molar-refractivity contribution is -0.128. The highest BCUT2D eigenvalue weighted by Gasteiger charge is 2.31. The van der Waals surface area contributed by atoms with Crippen LogP contribution in [0.3, 0.4) is 0 Å². The third-order valence-electron chi connectivity index (χ3n) is 6.48. The Hall–Kier alpha value is -4.29. The van der Waals surface area contributed by atoms with Crippen molar-refractivity contribution in [3.05, 3.63) is 64.6 Å². The summed E-state index contributed by atoms with van der Waals surface area (Å²) < 4.78 is 14.7. The molecule has 0 saturated carbocycles. The monoisotopic (exact) mass is 582 g/mol. The maximum atomic E-state index is 14.7. The lowest BCUT2D eigenvalue weighted by Crippen LogP contribution is -2.49. The predicted octanol–water partition coefficient (Wildman–Crippen LogP) is 3.46. The first-order valence-corrected chi connectivity index (χ1v) is 13.4. The fourth-order valence-electron chi connectivity index (χ4n) is 4.56. The van der Waals surface area contributed by atoms with Crippen LogP contribution in [0.25, 0.3) is 0 Å². The fraction of sp³-hybridized carbons (Fsp3) is 0.321. The first-order chi connectivity index (χ1) is 19.6. The van der Waals surface area contributed by atoms with Crippen LogP contribution in [-0.4, -0.2) is 72.9 Å². The molecule has 13 heteroatoms. The van der Waals surface area contributed by atoms with Gasteiger partial charge < -0.3 is 31.1 Å². The molecule has 0 spiro atoms. The van der Waals surface area contributed by atoms with Crippen LogP contribution in [0, 0.1) is 5.82 Å². The molecule has 11 nitrogen and oxygen atoms in total. The van der Waals surface area contributed by atoms with Crippen molar-refractivity contribution in [2.75, 3.05) is 49.8 Å². The van der Waals surface area contributed by atoms with Gasteiger partial charge in [-0.3, -0.25) is 14.4 Å². The third-order valence-corrected chi connectivity index (χ3v) is 6.76. The number of carbonyl (C=O) groups is 3. The van der Waals surface area contributed by atoms with Crippen molar-refractivity contribution in [3.8, 4) is 0 Å². The molecule has 0 aliphatic carbocycles. The number of anilines is 5. The van der Waals surface area contributed by atoms with Gasteiger partial charge in [0.2, 0.25) is 17.8 Å². The number of nitrogens with zero attached hydrogens (tertiary/aromatic N) is 4. The van der Waals surface area contributed by atoms with Gasteiger partial charge in [-0.15, -0.1) is 0 Å². The van der Waals surface area contributed by atoms with Crippen LogP contribution in [0.15, 0.2) is 42.6 Å². The van der Waals surface area contributed by atoms with E-state index in [4.69, 9.17) is 11.6 Å². The number of benzene rings is 2. The van der Waals surface area contributed by atoms with E-state index in [1.54, 1.807) is 23.9 Å². The number of hydrogen-bond acceptors (Lipinski definition) is 8. The Balaban J connectivity index is 1.57. The van der Waals surface area contributed by atoms with Crippen molar-refractivity contribution < 1.29 is 18.8 Å². The summed E-state index contributed by atoms with van der Waals surface area (Å²) in [5, 5.41) is 11.4. The van der Waals surface area contributed by atoms with Crippen LogP contribution in [0.2, 0.25) is 5.02 Å². The van der Waals surface area contributed by atoms with Gasteiger partial charge in [-0.2, -0.15) is 4.98 Å². The van der Waals surface area contributed by atoms with Crippen LogP contribution < -0.4 is 26.2 Å². The number of rotatable bonds is 9. The lowest BCUT2D eigenvalue weighted by atomic mass is 10.1. The zero-order valence-electron chi connectivity index (χ0n) is 23.2. The normalized spacial score (nSPS) is 14.8. The number of nitrogens with one attached hydrogen (secondary N) is 4. The molecular weight excluding hydrogens is 551 g/mol. The number of amides is 3. The molecular formula is C28H32ClFN8O3. The van der Waals surface area contributed by atoms with Gasteiger partial charge in [-0.05, 0) is 63.7 Å². The van der Waals surface area contributed by atoms with Crippen molar-refractivity contribution in [1.82, 2.24) is 25.5 Å². The number of halogens is 2. The molecule has 4 N–H and O–H groups in total. The summed E-state index contributed by atoms with van der Waals surface area (Å²) in [6.45, 7) is 2.48. The number of carbonyl (C=O) groups excluding carboxylic acids is 3. The highest BCUT2D eigenvalue weighted by atomic mass is 35.5. The number of aryl methyl sites for hydroxylation is 1. The van der Waals surface area contributed by atoms with Crippen LogP contribution in [0.5, 0.6) is 0 Å². The molecule has 0 saturated heterocycles. The van der Waals surface area contributed by atoms with E-state index in [9.17, 15) is 18.8 Å².